The molecule has 2 fully saturated rings. The molecule has 0 aromatic heterocycles. The van der Waals surface area contributed by atoms with Crippen LogP contribution < -0.4 is 16.0 Å². The second kappa shape index (κ2) is 8.93. The Hall–Kier alpha value is -2.11. The van der Waals surface area contributed by atoms with Gasteiger partial charge in [-0.05, 0) is 49.9 Å². The van der Waals surface area contributed by atoms with Crippen LogP contribution in [0.2, 0.25) is 0 Å². The van der Waals surface area contributed by atoms with Gasteiger partial charge in [0.2, 0.25) is 11.8 Å². The lowest BCUT2D eigenvalue weighted by Gasteiger charge is -2.07. The molecule has 0 saturated carbocycles. The molecule has 11 heteroatoms. The summed E-state index contributed by atoms with van der Waals surface area (Å²) in [7, 11) is 0. The molecule has 3 N–H and O–H groups in total. The summed E-state index contributed by atoms with van der Waals surface area (Å²) < 4.78 is 0.909. The van der Waals surface area contributed by atoms with Crippen LogP contribution in [0.1, 0.15) is 20.3 Å². The van der Waals surface area contributed by atoms with Gasteiger partial charge in [-0.1, -0.05) is 33.3 Å². The van der Waals surface area contributed by atoms with Gasteiger partial charge in [0.1, 0.15) is 5.25 Å². The van der Waals surface area contributed by atoms with Crippen LogP contribution in [0.4, 0.5) is 10.5 Å². The van der Waals surface area contributed by atoms with Crippen LogP contribution in [-0.4, -0.2) is 33.3 Å². The number of thioether (sulfide) groups is 2. The molecule has 0 aliphatic carbocycles. The van der Waals surface area contributed by atoms with Crippen molar-refractivity contribution >= 4 is 73.2 Å². The van der Waals surface area contributed by atoms with Gasteiger partial charge in [0, 0.05) is 16.6 Å². The van der Waals surface area contributed by atoms with Crippen LogP contribution >= 0.6 is 39.5 Å². The van der Waals surface area contributed by atoms with Crippen molar-refractivity contribution in [1.29, 1.82) is 0 Å². The number of amidine groups is 2. The average Bonchev–Trinajstić information content (AvgIpc) is 3.17. The Morgan fingerprint density at radius 3 is 2.57 bits per heavy atom. The number of halogens is 1. The van der Waals surface area contributed by atoms with Crippen LogP contribution in [0.5, 0.6) is 0 Å². The molecule has 1 atom stereocenters. The highest BCUT2D eigenvalue weighted by molar-refractivity contribution is 9.10. The number of amides is 3. The number of nitrogens with one attached hydrogen (secondary N) is 3. The highest BCUT2D eigenvalue weighted by atomic mass is 79.9. The first-order chi connectivity index (χ1) is 13.3. The Morgan fingerprint density at radius 2 is 1.89 bits per heavy atom. The van der Waals surface area contributed by atoms with Crippen molar-refractivity contribution in [2.75, 3.05) is 5.32 Å². The molecule has 0 unspecified atom stereocenters. The minimum Gasteiger partial charge on any atom is -0.326 e. The minimum atomic E-state index is -0.593. The van der Waals surface area contributed by atoms with E-state index in [0.717, 1.165) is 33.6 Å². The molecule has 146 valence electrons. The van der Waals surface area contributed by atoms with Crippen molar-refractivity contribution < 1.29 is 14.4 Å². The van der Waals surface area contributed by atoms with E-state index in [9.17, 15) is 14.4 Å². The Morgan fingerprint density at radius 1 is 1.18 bits per heavy atom. The summed E-state index contributed by atoms with van der Waals surface area (Å²) in [6.45, 7) is 3.74. The van der Waals surface area contributed by atoms with E-state index < -0.39 is 5.25 Å². The lowest BCUT2D eigenvalue weighted by molar-refractivity contribution is -0.122. The number of anilines is 1. The van der Waals surface area contributed by atoms with E-state index in [1.807, 2.05) is 26.0 Å². The Bertz CT molecular complexity index is 923. The summed E-state index contributed by atoms with van der Waals surface area (Å²) in [4.78, 5) is 36.5. The maximum absolute atomic E-state index is 12.2. The summed E-state index contributed by atoms with van der Waals surface area (Å²) in [6, 6.07) is 7.16. The maximum Gasteiger partial charge on any atom is 0.289 e. The van der Waals surface area contributed by atoms with E-state index in [2.05, 4.69) is 42.1 Å². The van der Waals surface area contributed by atoms with Crippen LogP contribution in [-0.2, 0) is 9.59 Å². The Kier molecular flexibility index (Phi) is 6.57. The monoisotopic (exact) mass is 481 g/mol. The molecule has 3 amide bonds. The normalized spacial score (nSPS) is 21.8. The fourth-order valence-electron chi connectivity index (χ4n) is 2.32. The molecular weight excluding hydrogens is 466 g/mol. The predicted octanol–water partition coefficient (Wildman–Crippen LogP) is 3.43. The molecule has 2 aliphatic rings. The van der Waals surface area contributed by atoms with Gasteiger partial charge in [0.15, 0.2) is 11.0 Å². The van der Waals surface area contributed by atoms with Gasteiger partial charge in [-0.25, -0.2) is 0 Å². The second-order valence-electron chi connectivity index (χ2n) is 6.05. The van der Waals surface area contributed by atoms with Gasteiger partial charge < -0.3 is 10.6 Å². The van der Waals surface area contributed by atoms with E-state index >= 15 is 0 Å². The van der Waals surface area contributed by atoms with Crippen molar-refractivity contribution in [3.8, 4) is 0 Å². The zero-order valence-corrected chi connectivity index (χ0v) is 18.1. The third-order valence-electron chi connectivity index (χ3n) is 3.60. The van der Waals surface area contributed by atoms with Gasteiger partial charge in [-0.15, -0.1) is 10.2 Å². The molecule has 2 aliphatic heterocycles. The number of carbonyl (C=O) groups is 3. The molecule has 2 saturated heterocycles. The number of benzene rings is 1. The first-order valence-electron chi connectivity index (χ1n) is 8.17. The first kappa shape index (κ1) is 20.6. The lowest BCUT2D eigenvalue weighted by atomic mass is 10.2. The van der Waals surface area contributed by atoms with E-state index in [1.165, 1.54) is 0 Å². The molecule has 1 aromatic rings. The van der Waals surface area contributed by atoms with Crippen molar-refractivity contribution in [3.63, 3.8) is 0 Å². The molecule has 0 bridgehead atoms. The van der Waals surface area contributed by atoms with Gasteiger partial charge in [0.25, 0.3) is 5.24 Å². The Balaban J connectivity index is 1.61. The lowest BCUT2D eigenvalue weighted by Crippen LogP contribution is -2.28. The number of hydrogen-bond donors (Lipinski definition) is 3. The van der Waals surface area contributed by atoms with Crippen molar-refractivity contribution in [1.82, 2.24) is 10.6 Å². The maximum atomic E-state index is 12.2. The van der Waals surface area contributed by atoms with E-state index in [1.54, 1.807) is 12.1 Å². The number of allylic oxidation sites excluding steroid dienone is 1. The summed E-state index contributed by atoms with van der Waals surface area (Å²) in [5.74, 6) is -0.218. The van der Waals surface area contributed by atoms with E-state index in [-0.39, 0.29) is 28.6 Å². The number of carbonyl (C=O) groups excluding carboxylic acids is 3. The Labute approximate surface area is 178 Å². The topological polar surface area (TPSA) is 112 Å². The number of hydrogen-bond acceptors (Lipinski definition) is 7. The van der Waals surface area contributed by atoms with Crippen molar-refractivity contribution in [2.45, 2.75) is 25.5 Å². The van der Waals surface area contributed by atoms with Gasteiger partial charge >= 0.3 is 0 Å². The van der Waals surface area contributed by atoms with Crippen LogP contribution in [0.25, 0.3) is 0 Å². The smallest absolute Gasteiger partial charge is 0.289 e. The highest BCUT2D eigenvalue weighted by Crippen LogP contribution is 2.28. The van der Waals surface area contributed by atoms with Crippen molar-refractivity contribution in [3.05, 3.63) is 39.2 Å². The second-order valence-corrected chi connectivity index (χ2v) is 9.14. The molecule has 0 radical (unpaired) electrons. The fourth-order valence-corrected chi connectivity index (χ4v) is 4.23. The van der Waals surface area contributed by atoms with E-state index in [0.29, 0.717) is 16.4 Å². The third kappa shape index (κ3) is 5.24. The summed E-state index contributed by atoms with van der Waals surface area (Å²) in [6.07, 6.45) is 0.00790. The van der Waals surface area contributed by atoms with Crippen LogP contribution in [0, 0.1) is 0 Å². The third-order valence-corrected chi connectivity index (χ3v) is 6.29. The predicted molar refractivity (Wildman–Crippen MR) is 116 cm³/mol. The molecule has 0 spiro atoms. The van der Waals surface area contributed by atoms with Crippen LogP contribution in [0.3, 0.4) is 0 Å². The summed E-state index contributed by atoms with van der Waals surface area (Å²) in [5, 5.41) is 15.5. The van der Waals surface area contributed by atoms with Gasteiger partial charge in [0.05, 0.1) is 4.91 Å². The van der Waals surface area contributed by atoms with Gasteiger partial charge in [-0.3, -0.25) is 19.7 Å². The minimum absolute atomic E-state index is 0.00790. The molecule has 3 rings (SSSR count). The molecule has 2 heterocycles. The zero-order valence-electron chi connectivity index (χ0n) is 14.9. The zero-order chi connectivity index (χ0) is 20.3. The first-order valence-corrected chi connectivity index (χ1v) is 10.7. The fraction of sp³-hybridized carbons (Fsp3) is 0.235. The van der Waals surface area contributed by atoms with Crippen molar-refractivity contribution in [2.24, 2.45) is 10.2 Å². The SMILES string of the molecule is CC(C)=C1SC(=O)N/C1=N\N=C1\NC(=O)[C@@H](CC(=O)Nc2ccc(Br)cc2)S1. The molecule has 8 nitrogen and oxygen atoms in total. The average molecular weight is 482 g/mol. The number of rotatable bonds is 4. The van der Waals surface area contributed by atoms with E-state index in [4.69, 9.17) is 0 Å². The number of nitrogens with zero attached hydrogens (tertiary/aromatic N) is 2. The standard InChI is InChI=1S/C17H16BrN5O3S2/c1-8(2)13-14(20-17(26)28-13)22-23-16-21-15(25)11(27-16)7-12(24)19-10-5-3-9(18)4-6-10/h3-6,11H,7H2,1-2H3,(H,19,24)(H,20,22,26)(H,21,23,25)/t11-/m1/s1. The summed E-state index contributed by atoms with van der Waals surface area (Å²) >= 11 is 5.52. The quantitative estimate of drug-likeness (QED) is 0.570. The summed E-state index contributed by atoms with van der Waals surface area (Å²) in [5.41, 5.74) is 1.59. The molecular formula is C17H16BrN5O3S2. The van der Waals surface area contributed by atoms with Crippen LogP contribution in [0.15, 0.2) is 49.4 Å². The van der Waals surface area contributed by atoms with Gasteiger partial charge in [-0.2, -0.15) is 0 Å². The molecule has 1 aromatic carbocycles. The largest absolute Gasteiger partial charge is 0.326 e. The molecule has 28 heavy (non-hydrogen) atoms. The highest BCUT2D eigenvalue weighted by Gasteiger charge is 2.32.